The molecule has 0 saturated carbocycles. The highest BCUT2D eigenvalue weighted by molar-refractivity contribution is 5.91. The molecule has 3 N–H and O–H groups in total. The van der Waals surface area contributed by atoms with Crippen LogP contribution in [0.3, 0.4) is 0 Å². The van der Waals surface area contributed by atoms with Crippen LogP contribution in [0.25, 0.3) is 10.8 Å². The lowest BCUT2D eigenvalue weighted by atomic mass is 10.0. The number of fused-ring (bicyclic) bond motifs is 1. The third kappa shape index (κ3) is 2.26. The zero-order valence-corrected chi connectivity index (χ0v) is 9.68. The highest BCUT2D eigenvalue weighted by Gasteiger charge is 2.18. The second-order valence-electron chi connectivity index (χ2n) is 3.84. The average Bonchev–Trinajstić information content (AvgIpc) is 2.35. The van der Waals surface area contributed by atoms with Crippen molar-refractivity contribution in [3.63, 3.8) is 0 Å². The number of nitrogens with two attached hydrogens (primary N) is 1. The number of primary amides is 1. The summed E-state index contributed by atoms with van der Waals surface area (Å²) in [6.45, 7) is 2.62. The molecule has 0 radical (unpaired) electrons. The summed E-state index contributed by atoms with van der Waals surface area (Å²) in [5.41, 5.74) is 6.25. The number of rotatable bonds is 4. The van der Waals surface area contributed by atoms with Gasteiger partial charge in [-0.1, -0.05) is 31.2 Å². The number of hydrogen-bond acceptors (Lipinski definition) is 3. The molecule has 0 bridgehead atoms. The van der Waals surface area contributed by atoms with E-state index in [1.54, 1.807) is 12.4 Å². The first-order valence-electron chi connectivity index (χ1n) is 5.59. The monoisotopic (exact) mass is 229 g/mol. The van der Waals surface area contributed by atoms with Crippen LogP contribution < -0.4 is 11.1 Å². The maximum Gasteiger partial charge on any atom is 0.239 e. The third-order valence-electron chi connectivity index (χ3n) is 2.70. The normalized spacial score (nSPS) is 12.5. The molecule has 2 aromatic rings. The van der Waals surface area contributed by atoms with E-state index in [2.05, 4.69) is 10.3 Å². The largest absolute Gasteiger partial charge is 0.368 e. The maximum absolute atomic E-state index is 11.5. The summed E-state index contributed by atoms with van der Waals surface area (Å²) >= 11 is 0. The molecule has 1 aromatic carbocycles. The lowest BCUT2D eigenvalue weighted by molar-refractivity contribution is -0.120. The summed E-state index contributed by atoms with van der Waals surface area (Å²) in [4.78, 5) is 15.6. The fourth-order valence-electron chi connectivity index (χ4n) is 1.94. The molecule has 0 spiro atoms. The second kappa shape index (κ2) is 4.93. The van der Waals surface area contributed by atoms with Crippen molar-refractivity contribution in [2.24, 2.45) is 5.73 Å². The van der Waals surface area contributed by atoms with Crippen molar-refractivity contribution < 1.29 is 4.79 Å². The van der Waals surface area contributed by atoms with E-state index in [1.165, 1.54) is 0 Å². The lowest BCUT2D eigenvalue weighted by Gasteiger charge is -2.16. The summed E-state index contributed by atoms with van der Waals surface area (Å²) in [7, 11) is 0. The molecular formula is C13H15N3O. The summed E-state index contributed by atoms with van der Waals surface area (Å²) in [6, 6.07) is 7.34. The van der Waals surface area contributed by atoms with E-state index in [4.69, 9.17) is 5.73 Å². The van der Waals surface area contributed by atoms with Crippen LogP contribution in [0.15, 0.2) is 36.7 Å². The van der Waals surface area contributed by atoms with Gasteiger partial charge < -0.3 is 11.1 Å². The standard InChI is InChI=1S/C13H15N3O/c1-2-16-12(13(14)17)11-8-15-7-9-5-3-4-6-10(9)11/h3-8,12,16H,2H2,1H3,(H2,14,17). The van der Waals surface area contributed by atoms with Gasteiger partial charge in [-0.3, -0.25) is 9.78 Å². The Balaban J connectivity index is 2.56. The molecule has 0 aliphatic heterocycles. The zero-order chi connectivity index (χ0) is 12.3. The van der Waals surface area contributed by atoms with Crippen LogP contribution in [0.4, 0.5) is 0 Å². The van der Waals surface area contributed by atoms with Gasteiger partial charge in [0.05, 0.1) is 0 Å². The number of amides is 1. The first kappa shape index (κ1) is 11.5. The highest BCUT2D eigenvalue weighted by Crippen LogP contribution is 2.22. The summed E-state index contributed by atoms with van der Waals surface area (Å²) in [5, 5.41) is 5.09. The Morgan fingerprint density at radius 2 is 2.18 bits per heavy atom. The fourth-order valence-corrected chi connectivity index (χ4v) is 1.94. The Bertz CT molecular complexity index is 534. The van der Waals surface area contributed by atoms with Crippen LogP contribution in [0.5, 0.6) is 0 Å². The molecule has 0 aliphatic rings. The maximum atomic E-state index is 11.5. The summed E-state index contributed by atoms with van der Waals surface area (Å²) < 4.78 is 0. The SMILES string of the molecule is CCNC(C(N)=O)c1cncc2ccccc12. The van der Waals surface area contributed by atoms with Crippen molar-refractivity contribution in [3.8, 4) is 0 Å². The van der Waals surface area contributed by atoms with Crippen LogP contribution >= 0.6 is 0 Å². The number of carbonyl (C=O) groups is 1. The smallest absolute Gasteiger partial charge is 0.239 e. The molecule has 4 nitrogen and oxygen atoms in total. The van der Waals surface area contributed by atoms with Gasteiger partial charge in [0.2, 0.25) is 5.91 Å². The van der Waals surface area contributed by atoms with Crippen LogP contribution in [0, 0.1) is 0 Å². The van der Waals surface area contributed by atoms with Gasteiger partial charge in [0, 0.05) is 23.3 Å². The Kier molecular flexibility index (Phi) is 3.35. The third-order valence-corrected chi connectivity index (χ3v) is 2.70. The Labute approximate surface area is 99.8 Å². The molecule has 0 saturated heterocycles. The minimum Gasteiger partial charge on any atom is -0.368 e. The predicted molar refractivity (Wildman–Crippen MR) is 67.4 cm³/mol. The van der Waals surface area contributed by atoms with E-state index in [0.29, 0.717) is 6.54 Å². The number of nitrogens with zero attached hydrogens (tertiary/aromatic N) is 1. The van der Waals surface area contributed by atoms with E-state index in [1.807, 2.05) is 31.2 Å². The molecule has 17 heavy (non-hydrogen) atoms. The van der Waals surface area contributed by atoms with Gasteiger partial charge in [0.25, 0.3) is 0 Å². The van der Waals surface area contributed by atoms with Crippen molar-refractivity contribution in [1.29, 1.82) is 0 Å². The van der Waals surface area contributed by atoms with Gasteiger partial charge in [-0.05, 0) is 11.9 Å². The van der Waals surface area contributed by atoms with Crippen molar-refractivity contribution in [1.82, 2.24) is 10.3 Å². The van der Waals surface area contributed by atoms with Crippen molar-refractivity contribution in [2.75, 3.05) is 6.54 Å². The molecular weight excluding hydrogens is 214 g/mol. The Morgan fingerprint density at radius 3 is 2.88 bits per heavy atom. The van der Waals surface area contributed by atoms with E-state index in [0.717, 1.165) is 16.3 Å². The number of pyridine rings is 1. The van der Waals surface area contributed by atoms with Gasteiger partial charge in [-0.15, -0.1) is 0 Å². The number of carbonyl (C=O) groups excluding carboxylic acids is 1. The number of nitrogens with one attached hydrogen (secondary N) is 1. The molecule has 88 valence electrons. The van der Waals surface area contributed by atoms with Crippen LogP contribution in [0.1, 0.15) is 18.5 Å². The zero-order valence-electron chi connectivity index (χ0n) is 9.68. The fraction of sp³-hybridized carbons (Fsp3) is 0.231. The predicted octanol–water partition coefficient (Wildman–Crippen LogP) is 1.37. The Hall–Kier alpha value is -1.94. The summed E-state index contributed by atoms with van der Waals surface area (Å²) in [5.74, 6) is -0.384. The number of benzene rings is 1. The van der Waals surface area contributed by atoms with Gasteiger partial charge in [-0.2, -0.15) is 0 Å². The van der Waals surface area contributed by atoms with Gasteiger partial charge >= 0.3 is 0 Å². The second-order valence-corrected chi connectivity index (χ2v) is 3.84. The molecule has 4 heteroatoms. The first-order chi connectivity index (χ1) is 8.24. The van der Waals surface area contributed by atoms with E-state index >= 15 is 0 Å². The van der Waals surface area contributed by atoms with Gasteiger partial charge in [0.1, 0.15) is 6.04 Å². The van der Waals surface area contributed by atoms with Crippen LogP contribution in [-0.4, -0.2) is 17.4 Å². The van der Waals surface area contributed by atoms with Crippen molar-refractivity contribution in [2.45, 2.75) is 13.0 Å². The van der Waals surface area contributed by atoms with E-state index in [9.17, 15) is 4.79 Å². The molecule has 1 aromatic heterocycles. The van der Waals surface area contributed by atoms with Gasteiger partial charge in [-0.25, -0.2) is 0 Å². The molecule has 1 unspecified atom stereocenters. The van der Waals surface area contributed by atoms with Crippen LogP contribution in [0.2, 0.25) is 0 Å². The van der Waals surface area contributed by atoms with Crippen molar-refractivity contribution in [3.05, 3.63) is 42.2 Å². The minimum atomic E-state index is -0.487. The first-order valence-corrected chi connectivity index (χ1v) is 5.59. The topological polar surface area (TPSA) is 68.0 Å². The molecule has 0 fully saturated rings. The lowest BCUT2D eigenvalue weighted by Crippen LogP contribution is -2.33. The van der Waals surface area contributed by atoms with Gasteiger partial charge in [0.15, 0.2) is 0 Å². The molecule has 0 aliphatic carbocycles. The molecule has 1 atom stereocenters. The number of aromatic nitrogens is 1. The van der Waals surface area contributed by atoms with Crippen molar-refractivity contribution >= 4 is 16.7 Å². The highest BCUT2D eigenvalue weighted by atomic mass is 16.1. The van der Waals surface area contributed by atoms with E-state index in [-0.39, 0.29) is 5.91 Å². The number of likely N-dealkylation sites (N-methyl/N-ethyl adjacent to an activating group) is 1. The Morgan fingerprint density at radius 1 is 1.41 bits per heavy atom. The summed E-state index contributed by atoms with van der Waals surface area (Å²) in [6.07, 6.45) is 3.48. The quantitative estimate of drug-likeness (QED) is 0.832. The molecule has 2 rings (SSSR count). The van der Waals surface area contributed by atoms with E-state index < -0.39 is 6.04 Å². The molecule has 1 amide bonds. The molecule has 1 heterocycles. The minimum absolute atomic E-state index is 0.384. The van der Waals surface area contributed by atoms with Crippen LogP contribution in [-0.2, 0) is 4.79 Å². The number of hydrogen-bond donors (Lipinski definition) is 2. The average molecular weight is 229 g/mol.